The summed E-state index contributed by atoms with van der Waals surface area (Å²) in [6.07, 6.45) is 0. The van der Waals surface area contributed by atoms with E-state index >= 15 is 0 Å². The van der Waals surface area contributed by atoms with Gasteiger partial charge in [-0.15, -0.1) is 0 Å². The van der Waals surface area contributed by atoms with Crippen LogP contribution in [0.4, 0.5) is 0 Å². The molecule has 0 heterocycles. The van der Waals surface area contributed by atoms with Gasteiger partial charge in [0.25, 0.3) is 0 Å². The zero-order chi connectivity index (χ0) is 15.5. The Labute approximate surface area is 132 Å². The third kappa shape index (κ3) is 4.44. The Bertz CT molecular complexity index is 605. The summed E-state index contributed by atoms with van der Waals surface area (Å²) in [6.45, 7) is 3.35. The number of nitrogens with zero attached hydrogens (tertiary/aromatic N) is 1. The van der Waals surface area contributed by atoms with Crippen LogP contribution in [0.3, 0.4) is 0 Å². The molecule has 0 aliphatic heterocycles. The van der Waals surface area contributed by atoms with Crippen LogP contribution < -0.4 is 5.32 Å². The standard InChI is InChI=1S/C12H16BrClN2O3S/c1-8(2)15-12(17)7-16(3)20(18,19)11-5-4-9(13)6-10(11)14/h4-6,8H,7H2,1-3H3,(H,15,17). The van der Waals surface area contributed by atoms with E-state index in [0.717, 1.165) is 4.31 Å². The fourth-order valence-electron chi connectivity index (χ4n) is 1.51. The molecule has 0 spiro atoms. The number of benzene rings is 1. The van der Waals surface area contributed by atoms with Crippen molar-refractivity contribution >= 4 is 43.5 Å². The lowest BCUT2D eigenvalue weighted by atomic mass is 10.4. The Balaban J connectivity index is 2.95. The van der Waals surface area contributed by atoms with Crippen molar-refractivity contribution in [2.45, 2.75) is 24.8 Å². The Morgan fingerprint density at radius 1 is 1.45 bits per heavy atom. The zero-order valence-electron chi connectivity index (χ0n) is 11.4. The first-order valence-corrected chi connectivity index (χ1v) is 8.46. The maximum atomic E-state index is 12.3. The largest absolute Gasteiger partial charge is 0.353 e. The number of carbonyl (C=O) groups is 1. The normalized spacial score (nSPS) is 11.9. The lowest BCUT2D eigenvalue weighted by Crippen LogP contribution is -2.40. The van der Waals surface area contributed by atoms with Gasteiger partial charge in [-0.05, 0) is 32.0 Å². The second-order valence-corrected chi connectivity index (χ2v) is 7.89. The van der Waals surface area contributed by atoms with Crippen LogP contribution in [-0.4, -0.2) is 38.3 Å². The average molecular weight is 384 g/mol. The van der Waals surface area contributed by atoms with Crippen molar-refractivity contribution in [3.05, 3.63) is 27.7 Å². The van der Waals surface area contributed by atoms with E-state index < -0.39 is 10.0 Å². The van der Waals surface area contributed by atoms with Crippen LogP contribution in [0.1, 0.15) is 13.8 Å². The molecule has 1 aromatic carbocycles. The van der Waals surface area contributed by atoms with Gasteiger partial charge in [-0.2, -0.15) is 4.31 Å². The van der Waals surface area contributed by atoms with Gasteiger partial charge < -0.3 is 5.32 Å². The minimum absolute atomic E-state index is 0.0257. The van der Waals surface area contributed by atoms with Crippen molar-refractivity contribution in [2.75, 3.05) is 13.6 Å². The summed E-state index contributed by atoms with van der Waals surface area (Å²) in [6, 6.07) is 4.44. The maximum absolute atomic E-state index is 12.3. The Morgan fingerprint density at radius 3 is 2.55 bits per heavy atom. The minimum Gasteiger partial charge on any atom is -0.353 e. The van der Waals surface area contributed by atoms with E-state index in [2.05, 4.69) is 21.2 Å². The van der Waals surface area contributed by atoms with E-state index in [1.54, 1.807) is 19.9 Å². The first-order chi connectivity index (χ1) is 9.14. The van der Waals surface area contributed by atoms with E-state index in [0.29, 0.717) is 4.47 Å². The number of likely N-dealkylation sites (N-methyl/N-ethyl adjacent to an activating group) is 1. The van der Waals surface area contributed by atoms with Crippen molar-refractivity contribution < 1.29 is 13.2 Å². The molecule has 20 heavy (non-hydrogen) atoms. The molecule has 0 aliphatic carbocycles. The monoisotopic (exact) mass is 382 g/mol. The molecule has 0 unspecified atom stereocenters. The summed E-state index contributed by atoms with van der Waals surface area (Å²) in [4.78, 5) is 11.6. The summed E-state index contributed by atoms with van der Waals surface area (Å²) in [5.74, 6) is -0.362. The van der Waals surface area contributed by atoms with E-state index in [4.69, 9.17) is 11.6 Å². The molecular weight excluding hydrogens is 368 g/mol. The molecule has 0 bridgehead atoms. The number of carbonyl (C=O) groups excluding carboxylic acids is 1. The summed E-state index contributed by atoms with van der Waals surface area (Å²) < 4.78 is 26.3. The highest BCUT2D eigenvalue weighted by Gasteiger charge is 2.25. The molecule has 1 N–H and O–H groups in total. The van der Waals surface area contributed by atoms with Gasteiger partial charge in [0, 0.05) is 17.6 Å². The van der Waals surface area contributed by atoms with Crippen molar-refractivity contribution in [1.29, 1.82) is 0 Å². The molecule has 0 aliphatic rings. The number of hydrogen-bond acceptors (Lipinski definition) is 3. The van der Waals surface area contributed by atoms with Crippen molar-refractivity contribution in [3.8, 4) is 0 Å². The summed E-state index contributed by atoms with van der Waals surface area (Å²) in [5, 5.41) is 2.74. The number of hydrogen-bond donors (Lipinski definition) is 1. The number of halogens is 2. The SMILES string of the molecule is CC(C)NC(=O)CN(C)S(=O)(=O)c1ccc(Br)cc1Cl. The number of amides is 1. The van der Waals surface area contributed by atoms with Crippen LogP contribution in [0.25, 0.3) is 0 Å². The van der Waals surface area contributed by atoms with Crippen LogP contribution in [0.15, 0.2) is 27.6 Å². The lowest BCUT2D eigenvalue weighted by molar-refractivity contribution is -0.121. The van der Waals surface area contributed by atoms with Gasteiger partial charge in [0.05, 0.1) is 11.6 Å². The van der Waals surface area contributed by atoms with Crippen LogP contribution in [0, 0.1) is 0 Å². The molecule has 1 rings (SSSR count). The highest BCUT2D eigenvalue weighted by Crippen LogP contribution is 2.27. The minimum atomic E-state index is -3.80. The highest BCUT2D eigenvalue weighted by atomic mass is 79.9. The molecule has 0 radical (unpaired) electrons. The maximum Gasteiger partial charge on any atom is 0.244 e. The Morgan fingerprint density at radius 2 is 2.05 bits per heavy atom. The summed E-state index contributed by atoms with van der Waals surface area (Å²) in [5.41, 5.74) is 0. The third-order valence-corrected chi connectivity index (χ3v) is 5.18. The molecular formula is C12H16BrClN2O3S. The first kappa shape index (κ1) is 17.4. The van der Waals surface area contributed by atoms with Gasteiger partial charge in [0.1, 0.15) is 4.90 Å². The number of rotatable bonds is 5. The van der Waals surface area contributed by atoms with Gasteiger partial charge in [0.15, 0.2) is 0 Å². The zero-order valence-corrected chi connectivity index (χ0v) is 14.5. The number of nitrogens with one attached hydrogen (secondary N) is 1. The second kappa shape index (κ2) is 6.89. The molecule has 0 fully saturated rings. The van der Waals surface area contributed by atoms with Crippen molar-refractivity contribution in [1.82, 2.24) is 9.62 Å². The predicted molar refractivity (Wildman–Crippen MR) is 82.2 cm³/mol. The van der Waals surface area contributed by atoms with Crippen LogP contribution in [-0.2, 0) is 14.8 Å². The third-order valence-electron chi connectivity index (χ3n) is 2.40. The van der Waals surface area contributed by atoms with Gasteiger partial charge >= 0.3 is 0 Å². The van der Waals surface area contributed by atoms with Crippen LogP contribution in [0.5, 0.6) is 0 Å². The molecule has 112 valence electrons. The predicted octanol–water partition coefficient (Wildman–Crippen LogP) is 2.25. The van der Waals surface area contributed by atoms with Gasteiger partial charge in [0.2, 0.25) is 15.9 Å². The van der Waals surface area contributed by atoms with E-state index in [1.165, 1.54) is 19.2 Å². The van der Waals surface area contributed by atoms with E-state index in [9.17, 15) is 13.2 Å². The fourth-order valence-corrected chi connectivity index (χ4v) is 3.64. The van der Waals surface area contributed by atoms with E-state index in [1.807, 2.05) is 0 Å². The molecule has 0 saturated carbocycles. The summed E-state index contributed by atoms with van der Waals surface area (Å²) >= 11 is 9.15. The Kier molecular flexibility index (Phi) is 6.00. The average Bonchev–Trinajstić information content (AvgIpc) is 2.26. The fraction of sp³-hybridized carbons (Fsp3) is 0.417. The van der Waals surface area contributed by atoms with E-state index in [-0.39, 0.29) is 28.4 Å². The van der Waals surface area contributed by atoms with Gasteiger partial charge in [-0.25, -0.2) is 8.42 Å². The molecule has 0 aromatic heterocycles. The van der Waals surface area contributed by atoms with Crippen molar-refractivity contribution in [3.63, 3.8) is 0 Å². The van der Waals surface area contributed by atoms with Crippen LogP contribution in [0.2, 0.25) is 5.02 Å². The first-order valence-electron chi connectivity index (χ1n) is 5.85. The molecule has 1 amide bonds. The quantitative estimate of drug-likeness (QED) is 0.848. The Hall–Kier alpha value is -0.630. The highest BCUT2D eigenvalue weighted by molar-refractivity contribution is 9.10. The lowest BCUT2D eigenvalue weighted by Gasteiger charge is -2.18. The molecule has 1 aromatic rings. The van der Waals surface area contributed by atoms with Crippen LogP contribution >= 0.6 is 27.5 Å². The van der Waals surface area contributed by atoms with Gasteiger partial charge in [-0.1, -0.05) is 27.5 Å². The smallest absolute Gasteiger partial charge is 0.244 e. The molecule has 5 nitrogen and oxygen atoms in total. The topological polar surface area (TPSA) is 66.5 Å². The summed E-state index contributed by atoms with van der Waals surface area (Å²) in [7, 11) is -2.46. The van der Waals surface area contributed by atoms with Crippen molar-refractivity contribution in [2.24, 2.45) is 0 Å². The van der Waals surface area contributed by atoms with Gasteiger partial charge in [-0.3, -0.25) is 4.79 Å². The molecule has 0 atom stereocenters. The number of sulfonamides is 1. The molecule has 8 heteroatoms. The molecule has 0 saturated heterocycles. The second-order valence-electron chi connectivity index (χ2n) is 4.56.